The van der Waals surface area contributed by atoms with Gasteiger partial charge < -0.3 is 10.1 Å². The summed E-state index contributed by atoms with van der Waals surface area (Å²) in [6.07, 6.45) is 3.18. The number of ether oxygens (including phenoxy) is 1. The van der Waals surface area contributed by atoms with Gasteiger partial charge in [-0.15, -0.1) is 0 Å². The Hall–Kier alpha value is -0.680. The summed E-state index contributed by atoms with van der Waals surface area (Å²) in [4.78, 5) is 9.51. The van der Waals surface area contributed by atoms with Crippen LogP contribution in [0.2, 0.25) is 0 Å². The van der Waals surface area contributed by atoms with Crippen molar-refractivity contribution in [3.05, 3.63) is 16.0 Å². The fourth-order valence-electron chi connectivity index (χ4n) is 2.45. The Bertz CT molecular complexity index is 445. The number of nitrogens with one attached hydrogen (secondary N) is 1. The molecule has 1 aromatic rings. The number of anilines is 1. The first-order valence-electron chi connectivity index (χ1n) is 7.49. The van der Waals surface area contributed by atoms with E-state index in [9.17, 15) is 0 Å². The zero-order valence-corrected chi connectivity index (χ0v) is 14.2. The first kappa shape index (κ1) is 15.7. The van der Waals surface area contributed by atoms with Crippen molar-refractivity contribution in [3.63, 3.8) is 0 Å². The molecule has 1 atom stereocenters. The normalized spacial score (nSPS) is 19.4. The lowest BCUT2D eigenvalue weighted by Crippen LogP contribution is -2.20. The second-order valence-electron chi connectivity index (χ2n) is 5.73. The van der Waals surface area contributed by atoms with E-state index in [1.165, 1.54) is 0 Å². The van der Waals surface area contributed by atoms with Crippen molar-refractivity contribution in [1.82, 2.24) is 9.97 Å². The molecule has 1 aliphatic heterocycles. The third-order valence-corrected chi connectivity index (χ3v) is 4.24. The average molecular weight is 342 g/mol. The van der Waals surface area contributed by atoms with Crippen molar-refractivity contribution >= 4 is 21.7 Å². The van der Waals surface area contributed by atoms with Crippen molar-refractivity contribution in [2.45, 2.75) is 46.0 Å². The van der Waals surface area contributed by atoms with E-state index < -0.39 is 0 Å². The van der Waals surface area contributed by atoms with Crippen LogP contribution in [0.15, 0.2) is 4.47 Å². The molecule has 0 radical (unpaired) electrons. The van der Waals surface area contributed by atoms with Crippen molar-refractivity contribution in [2.24, 2.45) is 5.92 Å². The summed E-state index contributed by atoms with van der Waals surface area (Å²) in [5.74, 6) is 2.75. The molecule has 0 amide bonds. The van der Waals surface area contributed by atoms with E-state index >= 15 is 0 Å². The summed E-state index contributed by atoms with van der Waals surface area (Å²) < 4.78 is 6.58. The fourth-order valence-corrected chi connectivity index (χ4v) is 2.93. The fraction of sp³-hybridized carbons (Fsp3) is 0.733. The van der Waals surface area contributed by atoms with Gasteiger partial charge in [-0.1, -0.05) is 13.8 Å². The van der Waals surface area contributed by atoms with E-state index in [4.69, 9.17) is 14.7 Å². The minimum absolute atomic E-state index is 0.333. The van der Waals surface area contributed by atoms with Gasteiger partial charge in [0.25, 0.3) is 0 Å². The first-order valence-corrected chi connectivity index (χ1v) is 8.29. The van der Waals surface area contributed by atoms with Gasteiger partial charge in [0.15, 0.2) is 0 Å². The summed E-state index contributed by atoms with van der Waals surface area (Å²) in [5.41, 5.74) is 1.10. The van der Waals surface area contributed by atoms with Crippen LogP contribution in [-0.2, 0) is 11.2 Å². The molecular weight excluding hydrogens is 318 g/mol. The maximum absolute atomic E-state index is 5.58. The Morgan fingerprint density at radius 1 is 1.40 bits per heavy atom. The molecular formula is C15H24BrN3O. The van der Waals surface area contributed by atoms with E-state index in [1.807, 2.05) is 0 Å². The van der Waals surface area contributed by atoms with Gasteiger partial charge in [0.1, 0.15) is 11.6 Å². The number of aromatic nitrogens is 2. The van der Waals surface area contributed by atoms with Gasteiger partial charge in [0.2, 0.25) is 0 Å². The molecule has 0 spiro atoms. The lowest BCUT2D eigenvalue weighted by Gasteiger charge is -2.22. The van der Waals surface area contributed by atoms with Gasteiger partial charge in [-0.3, -0.25) is 0 Å². The van der Waals surface area contributed by atoms with Gasteiger partial charge in [-0.25, -0.2) is 9.97 Å². The van der Waals surface area contributed by atoms with E-state index in [2.05, 4.69) is 42.0 Å². The largest absolute Gasteiger partial charge is 0.381 e. The standard InChI is InChI=1S/C15H24BrN3O/c1-4-17-15-13(16)12(8-10(2)3)18-14(19-15)11-6-5-7-20-9-11/h10-11H,4-9H2,1-3H3,(H,17,18,19). The van der Waals surface area contributed by atoms with Crippen molar-refractivity contribution in [3.8, 4) is 0 Å². The molecule has 5 heteroatoms. The van der Waals surface area contributed by atoms with Crippen LogP contribution in [-0.4, -0.2) is 29.7 Å². The average Bonchev–Trinajstić information content (AvgIpc) is 2.44. The highest BCUT2D eigenvalue weighted by atomic mass is 79.9. The van der Waals surface area contributed by atoms with Gasteiger partial charge in [0.05, 0.1) is 16.8 Å². The molecule has 0 aliphatic carbocycles. The molecule has 0 bridgehead atoms. The van der Waals surface area contributed by atoms with Gasteiger partial charge in [-0.05, 0) is 48.0 Å². The van der Waals surface area contributed by atoms with Crippen molar-refractivity contribution in [1.29, 1.82) is 0 Å². The molecule has 4 nitrogen and oxygen atoms in total. The molecule has 0 saturated carbocycles. The van der Waals surface area contributed by atoms with Gasteiger partial charge in [0, 0.05) is 19.1 Å². The molecule has 1 unspecified atom stereocenters. The topological polar surface area (TPSA) is 47.0 Å². The second kappa shape index (κ2) is 7.36. The van der Waals surface area contributed by atoms with Crippen molar-refractivity contribution < 1.29 is 4.74 Å². The molecule has 112 valence electrons. The molecule has 1 N–H and O–H groups in total. The minimum Gasteiger partial charge on any atom is -0.381 e. The van der Waals surface area contributed by atoms with Crippen molar-refractivity contribution in [2.75, 3.05) is 25.1 Å². The van der Waals surface area contributed by atoms with Crippen LogP contribution in [0.4, 0.5) is 5.82 Å². The Kier molecular flexibility index (Phi) is 5.78. The maximum atomic E-state index is 5.58. The molecule has 0 aromatic carbocycles. The molecule has 1 aliphatic rings. The van der Waals surface area contributed by atoms with Crippen LogP contribution in [0, 0.1) is 5.92 Å². The van der Waals surface area contributed by atoms with Crippen LogP contribution in [0.1, 0.15) is 51.0 Å². The Morgan fingerprint density at radius 2 is 2.20 bits per heavy atom. The predicted octanol–water partition coefficient (Wildman–Crippen LogP) is 3.76. The zero-order valence-electron chi connectivity index (χ0n) is 12.6. The predicted molar refractivity (Wildman–Crippen MR) is 85.2 cm³/mol. The number of halogens is 1. The molecule has 1 saturated heterocycles. The summed E-state index contributed by atoms with van der Waals surface area (Å²) in [6.45, 7) is 8.98. The molecule has 1 fully saturated rings. The summed E-state index contributed by atoms with van der Waals surface area (Å²) in [6, 6.07) is 0. The Labute approximate surface area is 129 Å². The lowest BCUT2D eigenvalue weighted by molar-refractivity contribution is 0.0780. The van der Waals surface area contributed by atoms with Gasteiger partial charge >= 0.3 is 0 Å². The highest BCUT2D eigenvalue weighted by Gasteiger charge is 2.22. The smallest absolute Gasteiger partial charge is 0.144 e. The third kappa shape index (κ3) is 3.92. The minimum atomic E-state index is 0.333. The number of nitrogens with zero attached hydrogens (tertiary/aromatic N) is 2. The maximum Gasteiger partial charge on any atom is 0.144 e. The number of rotatable bonds is 5. The number of hydrogen-bond donors (Lipinski definition) is 1. The Morgan fingerprint density at radius 3 is 2.80 bits per heavy atom. The molecule has 20 heavy (non-hydrogen) atoms. The Balaban J connectivity index is 2.32. The van der Waals surface area contributed by atoms with E-state index in [0.717, 1.165) is 60.8 Å². The van der Waals surface area contributed by atoms with E-state index in [1.54, 1.807) is 0 Å². The van der Waals surface area contributed by atoms with Crippen LogP contribution in [0.5, 0.6) is 0 Å². The zero-order chi connectivity index (χ0) is 14.5. The summed E-state index contributed by atoms with van der Waals surface area (Å²) >= 11 is 3.65. The molecule has 2 heterocycles. The van der Waals surface area contributed by atoms with E-state index in [-0.39, 0.29) is 0 Å². The highest BCUT2D eigenvalue weighted by molar-refractivity contribution is 9.10. The van der Waals surface area contributed by atoms with Gasteiger partial charge in [-0.2, -0.15) is 0 Å². The third-order valence-electron chi connectivity index (χ3n) is 3.41. The van der Waals surface area contributed by atoms with E-state index in [0.29, 0.717) is 11.8 Å². The lowest BCUT2D eigenvalue weighted by atomic mass is 10.0. The van der Waals surface area contributed by atoms with Crippen LogP contribution in [0.25, 0.3) is 0 Å². The second-order valence-corrected chi connectivity index (χ2v) is 6.53. The monoisotopic (exact) mass is 341 g/mol. The van der Waals surface area contributed by atoms with Crippen LogP contribution < -0.4 is 5.32 Å². The van der Waals surface area contributed by atoms with Crippen LogP contribution in [0.3, 0.4) is 0 Å². The van der Waals surface area contributed by atoms with Crippen LogP contribution >= 0.6 is 15.9 Å². The summed E-state index contributed by atoms with van der Waals surface area (Å²) in [7, 11) is 0. The summed E-state index contributed by atoms with van der Waals surface area (Å²) in [5, 5.41) is 3.33. The number of hydrogen-bond acceptors (Lipinski definition) is 4. The first-order chi connectivity index (χ1) is 9.61. The highest BCUT2D eigenvalue weighted by Crippen LogP contribution is 2.30. The quantitative estimate of drug-likeness (QED) is 0.885. The molecule has 2 rings (SSSR count). The molecule has 1 aromatic heterocycles. The SMILES string of the molecule is CCNc1nc(C2CCCOC2)nc(CC(C)C)c1Br.